The van der Waals surface area contributed by atoms with Crippen LogP contribution in [0.25, 0.3) is 11.4 Å². The molecule has 250 valence electrons. The third-order valence-electron chi connectivity index (χ3n) is 9.48. The molecule has 0 radical (unpaired) electrons. The van der Waals surface area contributed by atoms with Gasteiger partial charge < -0.3 is 14.4 Å². The van der Waals surface area contributed by atoms with Crippen LogP contribution < -0.4 is 14.4 Å². The molecule has 7 rings (SSSR count). The molecule has 3 aliphatic rings. The van der Waals surface area contributed by atoms with E-state index in [1.807, 2.05) is 30.2 Å². The lowest BCUT2D eigenvalue weighted by Gasteiger charge is -2.33. The SMILES string of the molecule is C[C@]1(C#N)CCN(c2cc(-c3n[nH]c(C(F)(F)F)n3)cnc2CN2CCC(c3cccc4c3O[C@](C)(c3ccc(Cl)cc3F)O4)CC2)C1. The summed E-state index contributed by atoms with van der Waals surface area (Å²) in [5, 5.41) is 15.8. The number of rotatable bonds is 6. The Hall–Kier alpha value is -4.41. The fourth-order valence-corrected chi connectivity index (χ4v) is 6.98. The van der Waals surface area contributed by atoms with Crippen LogP contribution in [0.4, 0.5) is 23.2 Å². The fraction of sp³-hybridized carbons (Fsp3) is 0.412. The first-order valence-electron chi connectivity index (χ1n) is 15.7. The van der Waals surface area contributed by atoms with Gasteiger partial charge in [0, 0.05) is 48.9 Å². The number of halogens is 5. The zero-order valence-electron chi connectivity index (χ0n) is 26.2. The van der Waals surface area contributed by atoms with Gasteiger partial charge in [0.1, 0.15) is 5.82 Å². The molecule has 0 saturated carbocycles. The van der Waals surface area contributed by atoms with Gasteiger partial charge in [-0.2, -0.15) is 23.5 Å². The number of para-hydroxylation sites is 1. The highest BCUT2D eigenvalue weighted by atomic mass is 35.5. The zero-order valence-corrected chi connectivity index (χ0v) is 27.0. The first-order valence-corrected chi connectivity index (χ1v) is 16.1. The van der Waals surface area contributed by atoms with Crippen molar-refractivity contribution in [3.8, 4) is 29.0 Å². The summed E-state index contributed by atoms with van der Waals surface area (Å²) in [6.07, 6.45) is -0.835. The summed E-state index contributed by atoms with van der Waals surface area (Å²) in [5.74, 6) is -1.76. The van der Waals surface area contributed by atoms with Crippen molar-refractivity contribution in [2.24, 2.45) is 5.41 Å². The van der Waals surface area contributed by atoms with Crippen molar-refractivity contribution in [2.45, 2.75) is 57.5 Å². The van der Waals surface area contributed by atoms with Crippen LogP contribution in [0.15, 0.2) is 48.7 Å². The van der Waals surface area contributed by atoms with Crippen LogP contribution in [0.1, 0.15) is 61.7 Å². The Bertz CT molecular complexity index is 1900. The van der Waals surface area contributed by atoms with E-state index in [0.29, 0.717) is 43.1 Å². The van der Waals surface area contributed by atoms with Crippen LogP contribution in [0.2, 0.25) is 5.02 Å². The van der Waals surface area contributed by atoms with Gasteiger partial charge in [0.25, 0.3) is 5.79 Å². The summed E-state index contributed by atoms with van der Waals surface area (Å²) in [4.78, 5) is 12.7. The van der Waals surface area contributed by atoms with Gasteiger partial charge >= 0.3 is 6.18 Å². The summed E-state index contributed by atoms with van der Waals surface area (Å²) in [6, 6.07) is 14.4. The number of piperidine rings is 1. The second-order valence-electron chi connectivity index (χ2n) is 13.0. The molecule has 0 bridgehead atoms. The Morgan fingerprint density at radius 3 is 2.58 bits per heavy atom. The molecular formula is C34H32ClF4N7O2. The van der Waals surface area contributed by atoms with Crippen molar-refractivity contribution in [1.29, 1.82) is 5.26 Å². The Kier molecular flexibility index (Phi) is 7.99. The maximum absolute atomic E-state index is 14.9. The Labute approximate surface area is 279 Å². The maximum atomic E-state index is 14.9. The number of pyridine rings is 1. The van der Waals surface area contributed by atoms with Crippen molar-refractivity contribution in [1.82, 2.24) is 25.1 Å². The Balaban J connectivity index is 1.08. The molecule has 4 aromatic rings. The average Bonchev–Trinajstić information content (AvgIpc) is 3.79. The Morgan fingerprint density at radius 2 is 1.90 bits per heavy atom. The summed E-state index contributed by atoms with van der Waals surface area (Å²) in [6.45, 7) is 6.73. The molecule has 2 aromatic carbocycles. The van der Waals surface area contributed by atoms with Crippen molar-refractivity contribution in [3.05, 3.63) is 82.1 Å². The number of aromatic nitrogens is 4. The second-order valence-corrected chi connectivity index (χ2v) is 13.5. The molecule has 2 saturated heterocycles. The van der Waals surface area contributed by atoms with Crippen LogP contribution in [0.3, 0.4) is 0 Å². The number of benzene rings is 2. The maximum Gasteiger partial charge on any atom is 0.451 e. The third kappa shape index (κ3) is 6.03. The predicted molar refractivity (Wildman–Crippen MR) is 169 cm³/mol. The summed E-state index contributed by atoms with van der Waals surface area (Å²) < 4.78 is 67.0. The smallest absolute Gasteiger partial charge is 0.444 e. The van der Waals surface area contributed by atoms with E-state index in [4.69, 9.17) is 26.1 Å². The lowest BCUT2D eigenvalue weighted by molar-refractivity contribution is -0.144. The number of aromatic amines is 1. The van der Waals surface area contributed by atoms with Crippen LogP contribution >= 0.6 is 11.6 Å². The number of hydrogen-bond donors (Lipinski definition) is 1. The van der Waals surface area contributed by atoms with E-state index >= 15 is 0 Å². The average molecular weight is 682 g/mol. The molecule has 3 aliphatic heterocycles. The molecule has 0 amide bonds. The standard InChI is InChI=1S/C34H32ClF4N7O2/c1-32(18-40)10-13-46(19-32)27-14-21(30-42-31(44-43-30)34(37,38)39)16-41-26(27)17-45-11-8-20(9-12-45)23-4-3-5-28-29(23)48-33(2,47-28)24-7-6-22(35)15-25(24)36/h3-7,14-16,20H,8-13,17,19H2,1-2H3,(H,42,43,44)/t32-,33-/m1/s1. The molecule has 2 atom stereocenters. The molecule has 48 heavy (non-hydrogen) atoms. The number of H-pyrrole nitrogens is 1. The third-order valence-corrected chi connectivity index (χ3v) is 9.71. The van der Waals surface area contributed by atoms with Crippen molar-refractivity contribution < 1.29 is 27.0 Å². The number of nitriles is 1. The van der Waals surface area contributed by atoms with Gasteiger partial charge in [0.2, 0.25) is 5.82 Å². The first kappa shape index (κ1) is 32.2. The topological polar surface area (TPSA) is 103 Å². The minimum Gasteiger partial charge on any atom is -0.444 e. The highest BCUT2D eigenvalue weighted by molar-refractivity contribution is 6.30. The molecule has 9 nitrogen and oxygen atoms in total. The lowest BCUT2D eigenvalue weighted by Crippen LogP contribution is -2.34. The molecule has 2 fully saturated rings. The largest absolute Gasteiger partial charge is 0.451 e. The highest BCUT2D eigenvalue weighted by Crippen LogP contribution is 2.50. The van der Waals surface area contributed by atoms with Gasteiger partial charge in [-0.1, -0.05) is 23.7 Å². The number of fused-ring (bicyclic) bond motifs is 1. The molecular weight excluding hydrogens is 650 g/mol. The van der Waals surface area contributed by atoms with Crippen LogP contribution in [-0.2, 0) is 18.5 Å². The number of alkyl halides is 3. The van der Waals surface area contributed by atoms with Gasteiger partial charge in [-0.15, -0.1) is 0 Å². The highest BCUT2D eigenvalue weighted by Gasteiger charge is 2.43. The Morgan fingerprint density at radius 1 is 1.10 bits per heavy atom. The van der Waals surface area contributed by atoms with Crippen LogP contribution in [-0.4, -0.2) is 51.2 Å². The molecule has 0 aliphatic carbocycles. The van der Waals surface area contributed by atoms with E-state index in [-0.39, 0.29) is 22.3 Å². The second kappa shape index (κ2) is 11.9. The predicted octanol–water partition coefficient (Wildman–Crippen LogP) is 7.44. The number of hydrogen-bond acceptors (Lipinski definition) is 8. The minimum absolute atomic E-state index is 0.0952. The van der Waals surface area contributed by atoms with E-state index in [1.54, 1.807) is 25.1 Å². The van der Waals surface area contributed by atoms with Gasteiger partial charge in [0.15, 0.2) is 17.3 Å². The number of ether oxygens (including phenoxy) is 2. The van der Waals surface area contributed by atoms with Gasteiger partial charge in [0.05, 0.1) is 28.4 Å². The number of nitrogens with one attached hydrogen (secondary N) is 1. The number of nitrogens with zero attached hydrogens (tertiary/aromatic N) is 6. The monoisotopic (exact) mass is 681 g/mol. The van der Waals surface area contributed by atoms with Crippen LogP contribution in [0, 0.1) is 22.6 Å². The van der Waals surface area contributed by atoms with E-state index < -0.39 is 29.0 Å². The molecule has 2 aromatic heterocycles. The van der Waals surface area contributed by atoms with Gasteiger partial charge in [-0.25, -0.2) is 9.37 Å². The molecule has 14 heteroatoms. The van der Waals surface area contributed by atoms with E-state index in [1.165, 1.54) is 12.3 Å². The summed E-state index contributed by atoms with van der Waals surface area (Å²) in [7, 11) is 0. The minimum atomic E-state index is -4.65. The lowest BCUT2D eigenvalue weighted by atomic mass is 9.88. The summed E-state index contributed by atoms with van der Waals surface area (Å²) in [5.41, 5.74) is 2.60. The summed E-state index contributed by atoms with van der Waals surface area (Å²) >= 11 is 5.97. The quantitative estimate of drug-likeness (QED) is 0.210. The zero-order chi connectivity index (χ0) is 33.8. The molecule has 0 unspecified atom stereocenters. The van der Waals surface area contributed by atoms with E-state index in [2.05, 4.69) is 26.0 Å². The first-order chi connectivity index (χ1) is 22.8. The van der Waals surface area contributed by atoms with Crippen molar-refractivity contribution in [2.75, 3.05) is 31.1 Å². The molecule has 1 N–H and O–H groups in total. The van der Waals surface area contributed by atoms with Gasteiger partial charge in [-0.05, 0) is 75.5 Å². The van der Waals surface area contributed by atoms with Crippen LogP contribution in [0.5, 0.6) is 11.5 Å². The molecule has 5 heterocycles. The number of likely N-dealkylation sites (tertiary alicyclic amines) is 1. The normalized spacial score (nSPS) is 23.1. The van der Waals surface area contributed by atoms with Crippen molar-refractivity contribution >= 4 is 17.3 Å². The van der Waals surface area contributed by atoms with E-state index in [0.717, 1.165) is 42.9 Å². The van der Waals surface area contributed by atoms with Gasteiger partial charge in [-0.3, -0.25) is 15.0 Å². The van der Waals surface area contributed by atoms with Crippen molar-refractivity contribution in [3.63, 3.8) is 0 Å². The fourth-order valence-electron chi connectivity index (χ4n) is 6.83. The molecule has 0 spiro atoms. The number of anilines is 1. The van der Waals surface area contributed by atoms with E-state index in [9.17, 15) is 22.8 Å².